The number of rotatable bonds is 3. The molecule has 0 aliphatic heterocycles. The molecule has 0 saturated heterocycles. The molecule has 1 aliphatic rings. The molecule has 1 heterocycles. The lowest BCUT2D eigenvalue weighted by molar-refractivity contribution is 0.372. The van der Waals surface area contributed by atoms with Crippen molar-refractivity contribution < 1.29 is 4.52 Å². The standard InChI is InChI=1S/C14H17N3OS.ClH/c1-19-11-6-4-10(5-7-11)12-16-13(17-18-12)14(15)8-2-3-9-14;/h4-7H,2-3,8-9,15H2,1H3;1H. The van der Waals surface area contributed by atoms with E-state index in [1.807, 2.05) is 12.1 Å². The van der Waals surface area contributed by atoms with E-state index in [9.17, 15) is 0 Å². The second-order valence-corrected chi connectivity index (χ2v) is 5.89. The van der Waals surface area contributed by atoms with E-state index in [1.165, 1.54) is 4.90 Å². The van der Waals surface area contributed by atoms with Crippen LogP contribution in [-0.2, 0) is 5.54 Å². The number of hydrogen-bond donors (Lipinski definition) is 1. The molecule has 1 aromatic heterocycles. The van der Waals surface area contributed by atoms with E-state index in [0.29, 0.717) is 11.7 Å². The Morgan fingerprint density at radius 3 is 2.45 bits per heavy atom. The summed E-state index contributed by atoms with van der Waals surface area (Å²) in [5, 5.41) is 4.07. The molecule has 0 bridgehead atoms. The van der Waals surface area contributed by atoms with Gasteiger partial charge in [-0.2, -0.15) is 4.98 Å². The summed E-state index contributed by atoms with van der Waals surface area (Å²) in [6, 6.07) is 8.11. The fourth-order valence-electron chi connectivity index (χ4n) is 2.51. The van der Waals surface area contributed by atoms with Gasteiger partial charge in [-0.3, -0.25) is 0 Å². The Hall–Kier alpha value is -1.04. The number of hydrogen-bond acceptors (Lipinski definition) is 5. The fraction of sp³-hybridized carbons (Fsp3) is 0.429. The third-order valence-electron chi connectivity index (χ3n) is 3.70. The first-order valence-electron chi connectivity index (χ1n) is 6.49. The fourth-order valence-corrected chi connectivity index (χ4v) is 2.91. The Morgan fingerprint density at radius 1 is 1.20 bits per heavy atom. The Balaban J connectivity index is 0.00000147. The molecule has 1 aromatic carbocycles. The summed E-state index contributed by atoms with van der Waals surface area (Å²) in [4.78, 5) is 5.70. The van der Waals surface area contributed by atoms with Crippen LogP contribution in [0.3, 0.4) is 0 Å². The van der Waals surface area contributed by atoms with Gasteiger partial charge < -0.3 is 10.3 Å². The van der Waals surface area contributed by atoms with Gasteiger partial charge >= 0.3 is 0 Å². The van der Waals surface area contributed by atoms with Crippen molar-refractivity contribution in [2.45, 2.75) is 36.1 Å². The molecule has 4 nitrogen and oxygen atoms in total. The zero-order valence-electron chi connectivity index (χ0n) is 11.3. The highest BCUT2D eigenvalue weighted by Crippen LogP contribution is 2.35. The van der Waals surface area contributed by atoms with Gasteiger partial charge in [-0.25, -0.2) is 0 Å². The third-order valence-corrected chi connectivity index (χ3v) is 4.45. The average Bonchev–Trinajstić information content (AvgIpc) is 3.08. The molecule has 3 rings (SSSR count). The number of benzene rings is 1. The maximum Gasteiger partial charge on any atom is 0.257 e. The van der Waals surface area contributed by atoms with Crippen molar-refractivity contribution >= 4 is 24.2 Å². The monoisotopic (exact) mass is 311 g/mol. The molecule has 20 heavy (non-hydrogen) atoms. The van der Waals surface area contributed by atoms with E-state index >= 15 is 0 Å². The molecule has 1 fully saturated rings. The Kier molecular flexibility index (Phi) is 4.73. The van der Waals surface area contributed by atoms with Gasteiger partial charge in [0, 0.05) is 10.5 Å². The smallest absolute Gasteiger partial charge is 0.257 e. The molecule has 0 unspecified atom stereocenters. The van der Waals surface area contributed by atoms with E-state index < -0.39 is 0 Å². The van der Waals surface area contributed by atoms with Gasteiger partial charge in [0.15, 0.2) is 5.82 Å². The number of halogens is 1. The van der Waals surface area contributed by atoms with Crippen LogP contribution in [0.4, 0.5) is 0 Å². The minimum Gasteiger partial charge on any atom is -0.334 e. The van der Waals surface area contributed by atoms with E-state index in [-0.39, 0.29) is 17.9 Å². The molecule has 0 amide bonds. The van der Waals surface area contributed by atoms with Crippen LogP contribution in [0.25, 0.3) is 11.5 Å². The van der Waals surface area contributed by atoms with Crippen LogP contribution in [0, 0.1) is 0 Å². The molecule has 1 aliphatic carbocycles. The topological polar surface area (TPSA) is 64.9 Å². The number of aromatic nitrogens is 2. The molecular formula is C14H18ClN3OS. The Labute approximate surface area is 128 Å². The first-order valence-corrected chi connectivity index (χ1v) is 7.71. The minimum absolute atomic E-state index is 0. The first kappa shape index (κ1) is 15.4. The number of nitrogens with zero attached hydrogens (tertiary/aromatic N) is 2. The lowest BCUT2D eigenvalue weighted by Gasteiger charge is -2.17. The van der Waals surface area contributed by atoms with Crippen LogP contribution >= 0.6 is 24.2 Å². The van der Waals surface area contributed by atoms with Crippen molar-refractivity contribution in [2.24, 2.45) is 5.73 Å². The molecule has 2 aromatic rings. The van der Waals surface area contributed by atoms with Crippen molar-refractivity contribution in [3.8, 4) is 11.5 Å². The van der Waals surface area contributed by atoms with Gasteiger partial charge in [-0.15, -0.1) is 24.2 Å². The molecule has 6 heteroatoms. The van der Waals surface area contributed by atoms with Gasteiger partial charge in [0.1, 0.15) is 0 Å². The van der Waals surface area contributed by atoms with Crippen molar-refractivity contribution in [1.29, 1.82) is 0 Å². The lowest BCUT2D eigenvalue weighted by Crippen LogP contribution is -2.34. The van der Waals surface area contributed by atoms with Gasteiger partial charge in [-0.05, 0) is 43.4 Å². The van der Waals surface area contributed by atoms with Gasteiger partial charge in [0.2, 0.25) is 0 Å². The molecule has 1 saturated carbocycles. The molecular weight excluding hydrogens is 294 g/mol. The molecule has 2 N–H and O–H groups in total. The van der Waals surface area contributed by atoms with E-state index in [1.54, 1.807) is 11.8 Å². The van der Waals surface area contributed by atoms with Crippen molar-refractivity contribution in [3.05, 3.63) is 30.1 Å². The van der Waals surface area contributed by atoms with Crippen LogP contribution in [0.15, 0.2) is 33.7 Å². The van der Waals surface area contributed by atoms with Crippen molar-refractivity contribution in [1.82, 2.24) is 10.1 Å². The summed E-state index contributed by atoms with van der Waals surface area (Å²) in [5.41, 5.74) is 6.88. The predicted molar refractivity (Wildman–Crippen MR) is 83.1 cm³/mol. The van der Waals surface area contributed by atoms with E-state index in [4.69, 9.17) is 10.3 Å². The maximum absolute atomic E-state index is 6.33. The first-order chi connectivity index (χ1) is 9.21. The summed E-state index contributed by atoms with van der Waals surface area (Å²) in [5.74, 6) is 1.20. The lowest BCUT2D eigenvalue weighted by atomic mass is 9.99. The zero-order chi connectivity index (χ0) is 13.3. The summed E-state index contributed by atoms with van der Waals surface area (Å²) < 4.78 is 5.35. The quantitative estimate of drug-likeness (QED) is 0.877. The van der Waals surface area contributed by atoms with E-state index in [0.717, 1.165) is 31.2 Å². The third kappa shape index (κ3) is 2.85. The summed E-state index contributed by atoms with van der Waals surface area (Å²) in [6.45, 7) is 0. The van der Waals surface area contributed by atoms with Crippen LogP contribution in [0.1, 0.15) is 31.5 Å². The highest BCUT2D eigenvalue weighted by molar-refractivity contribution is 7.98. The van der Waals surface area contributed by atoms with E-state index in [2.05, 4.69) is 28.5 Å². The van der Waals surface area contributed by atoms with Gasteiger partial charge in [-0.1, -0.05) is 18.0 Å². The van der Waals surface area contributed by atoms with Crippen LogP contribution in [0.2, 0.25) is 0 Å². The van der Waals surface area contributed by atoms with Gasteiger partial charge in [0.05, 0.1) is 5.54 Å². The minimum atomic E-state index is -0.388. The molecule has 108 valence electrons. The summed E-state index contributed by atoms with van der Waals surface area (Å²) in [7, 11) is 0. The maximum atomic E-state index is 6.33. The summed E-state index contributed by atoms with van der Waals surface area (Å²) >= 11 is 1.71. The highest BCUT2D eigenvalue weighted by Gasteiger charge is 2.36. The Morgan fingerprint density at radius 2 is 1.85 bits per heavy atom. The molecule has 0 radical (unpaired) electrons. The normalized spacial score (nSPS) is 16.9. The van der Waals surface area contributed by atoms with Crippen LogP contribution in [0.5, 0.6) is 0 Å². The average molecular weight is 312 g/mol. The van der Waals surface area contributed by atoms with Crippen molar-refractivity contribution in [2.75, 3.05) is 6.26 Å². The zero-order valence-corrected chi connectivity index (χ0v) is 13.0. The SMILES string of the molecule is CSc1ccc(-c2nc(C3(N)CCCC3)no2)cc1.Cl. The number of nitrogens with two attached hydrogens (primary N) is 1. The number of thioether (sulfide) groups is 1. The second kappa shape index (κ2) is 6.16. The van der Waals surface area contributed by atoms with Crippen LogP contribution < -0.4 is 5.73 Å². The van der Waals surface area contributed by atoms with Crippen LogP contribution in [-0.4, -0.2) is 16.4 Å². The Bertz CT molecular complexity index is 564. The second-order valence-electron chi connectivity index (χ2n) is 5.01. The van der Waals surface area contributed by atoms with Gasteiger partial charge in [0.25, 0.3) is 5.89 Å². The molecule has 0 atom stereocenters. The molecule has 0 spiro atoms. The van der Waals surface area contributed by atoms with Crippen molar-refractivity contribution in [3.63, 3.8) is 0 Å². The largest absolute Gasteiger partial charge is 0.334 e. The predicted octanol–water partition coefficient (Wildman–Crippen LogP) is 3.61. The summed E-state index contributed by atoms with van der Waals surface area (Å²) in [6.07, 6.45) is 6.22. The highest BCUT2D eigenvalue weighted by atomic mass is 35.5.